The van der Waals surface area contributed by atoms with Gasteiger partial charge in [0.1, 0.15) is 4.90 Å². The number of halogens is 1. The maximum Gasteiger partial charge on any atom is 0.246 e. The van der Waals surface area contributed by atoms with Crippen molar-refractivity contribution >= 4 is 22.4 Å². The molecule has 1 aliphatic heterocycles. The van der Waals surface area contributed by atoms with Crippen LogP contribution in [-0.2, 0) is 17.1 Å². The number of piperazine rings is 1. The Labute approximate surface area is 114 Å². The largest absolute Gasteiger partial charge is 0.314 e. The summed E-state index contributed by atoms with van der Waals surface area (Å²) in [6.45, 7) is 5.98. The molecule has 1 saturated heterocycles. The summed E-state index contributed by atoms with van der Waals surface area (Å²) in [5, 5.41) is 7.31. The zero-order chi connectivity index (χ0) is 12.6. The van der Waals surface area contributed by atoms with Crippen LogP contribution >= 0.6 is 12.4 Å². The van der Waals surface area contributed by atoms with Crippen molar-refractivity contribution in [3.05, 3.63) is 11.4 Å². The zero-order valence-corrected chi connectivity index (χ0v) is 12.4. The third-order valence-corrected chi connectivity index (χ3v) is 5.27. The molecular weight excluding hydrogens is 276 g/mol. The van der Waals surface area contributed by atoms with E-state index >= 15 is 0 Å². The monoisotopic (exact) mass is 294 g/mol. The molecule has 1 fully saturated rings. The van der Waals surface area contributed by atoms with Gasteiger partial charge >= 0.3 is 0 Å². The number of nitrogens with one attached hydrogen (secondary N) is 1. The molecule has 0 bridgehead atoms. The molecule has 0 saturated carbocycles. The maximum atomic E-state index is 12.5. The van der Waals surface area contributed by atoms with Gasteiger partial charge < -0.3 is 5.32 Å². The quantitative estimate of drug-likeness (QED) is 0.837. The normalized spacial score (nSPS) is 17.5. The van der Waals surface area contributed by atoms with Crippen LogP contribution in [0, 0.1) is 13.8 Å². The summed E-state index contributed by atoms with van der Waals surface area (Å²) in [4.78, 5) is 0.363. The molecule has 0 amide bonds. The Kier molecular flexibility index (Phi) is 4.77. The van der Waals surface area contributed by atoms with Crippen molar-refractivity contribution in [3.8, 4) is 0 Å². The standard InChI is InChI=1S/C10H18N4O2S.ClH/c1-8-10(9(2)13(3)12-8)17(15,16)14-6-4-11-5-7-14;/h11H,4-7H2,1-3H3;1H. The van der Waals surface area contributed by atoms with E-state index in [9.17, 15) is 8.42 Å². The molecule has 0 spiro atoms. The van der Waals surface area contributed by atoms with Crippen molar-refractivity contribution in [1.29, 1.82) is 0 Å². The van der Waals surface area contributed by atoms with E-state index in [0.29, 0.717) is 42.5 Å². The van der Waals surface area contributed by atoms with E-state index in [1.165, 1.54) is 4.31 Å². The Bertz CT molecular complexity index is 520. The Hall–Kier alpha value is -0.630. The van der Waals surface area contributed by atoms with Crippen LogP contribution in [0.5, 0.6) is 0 Å². The van der Waals surface area contributed by atoms with Gasteiger partial charge in [-0.3, -0.25) is 4.68 Å². The summed E-state index contributed by atoms with van der Waals surface area (Å²) >= 11 is 0. The summed E-state index contributed by atoms with van der Waals surface area (Å²) in [5.41, 5.74) is 1.27. The molecule has 0 radical (unpaired) electrons. The fourth-order valence-corrected chi connectivity index (χ4v) is 3.98. The summed E-state index contributed by atoms with van der Waals surface area (Å²) in [7, 11) is -1.63. The van der Waals surface area contributed by atoms with Crippen molar-refractivity contribution in [2.75, 3.05) is 26.2 Å². The summed E-state index contributed by atoms with van der Waals surface area (Å²) in [5.74, 6) is 0. The maximum absolute atomic E-state index is 12.5. The van der Waals surface area contributed by atoms with E-state index in [-0.39, 0.29) is 12.4 Å². The number of rotatable bonds is 2. The summed E-state index contributed by atoms with van der Waals surface area (Å²) < 4.78 is 28.1. The van der Waals surface area contributed by atoms with Gasteiger partial charge in [-0.2, -0.15) is 9.40 Å². The highest BCUT2D eigenvalue weighted by Gasteiger charge is 2.31. The molecule has 1 aromatic heterocycles. The zero-order valence-electron chi connectivity index (χ0n) is 10.8. The predicted molar refractivity (Wildman–Crippen MR) is 71.6 cm³/mol. The first-order valence-electron chi connectivity index (χ1n) is 5.65. The van der Waals surface area contributed by atoms with Gasteiger partial charge in [-0.1, -0.05) is 0 Å². The molecule has 2 heterocycles. The van der Waals surface area contributed by atoms with Crippen molar-refractivity contribution in [3.63, 3.8) is 0 Å². The Morgan fingerprint density at radius 3 is 2.22 bits per heavy atom. The second-order valence-electron chi connectivity index (χ2n) is 4.28. The molecule has 2 rings (SSSR count). The molecule has 6 nitrogen and oxygen atoms in total. The Morgan fingerprint density at radius 2 is 1.78 bits per heavy atom. The molecule has 104 valence electrons. The Balaban J connectivity index is 0.00000162. The third kappa shape index (κ3) is 2.54. The fraction of sp³-hybridized carbons (Fsp3) is 0.700. The first-order chi connectivity index (χ1) is 7.94. The van der Waals surface area contributed by atoms with Crippen molar-refractivity contribution < 1.29 is 8.42 Å². The van der Waals surface area contributed by atoms with Gasteiger partial charge in [0, 0.05) is 33.2 Å². The minimum Gasteiger partial charge on any atom is -0.314 e. The van der Waals surface area contributed by atoms with Gasteiger partial charge in [0.2, 0.25) is 10.0 Å². The fourth-order valence-electron chi connectivity index (χ4n) is 2.14. The van der Waals surface area contributed by atoms with Crippen molar-refractivity contribution in [2.24, 2.45) is 7.05 Å². The number of hydrogen-bond acceptors (Lipinski definition) is 4. The average Bonchev–Trinajstić information content (AvgIpc) is 2.54. The van der Waals surface area contributed by atoms with Gasteiger partial charge in [-0.15, -0.1) is 12.4 Å². The first kappa shape index (κ1) is 15.4. The highest BCUT2D eigenvalue weighted by atomic mass is 35.5. The van der Waals surface area contributed by atoms with E-state index in [2.05, 4.69) is 10.4 Å². The van der Waals surface area contributed by atoms with E-state index in [0.717, 1.165) is 0 Å². The van der Waals surface area contributed by atoms with Crippen molar-refractivity contribution in [1.82, 2.24) is 19.4 Å². The number of aromatic nitrogens is 2. The molecule has 1 aliphatic rings. The van der Waals surface area contributed by atoms with E-state index in [4.69, 9.17) is 0 Å². The third-order valence-electron chi connectivity index (χ3n) is 3.12. The second kappa shape index (κ2) is 5.56. The highest BCUT2D eigenvalue weighted by Crippen LogP contribution is 2.22. The average molecular weight is 295 g/mol. The van der Waals surface area contributed by atoms with E-state index in [1.807, 2.05) is 0 Å². The highest BCUT2D eigenvalue weighted by molar-refractivity contribution is 7.89. The molecular formula is C10H19ClN4O2S. The molecule has 0 unspecified atom stereocenters. The van der Waals surface area contributed by atoms with Crippen LogP contribution in [0.3, 0.4) is 0 Å². The van der Waals surface area contributed by atoms with Gasteiger partial charge in [0.05, 0.1) is 11.4 Å². The summed E-state index contributed by atoms with van der Waals surface area (Å²) in [6, 6.07) is 0. The topological polar surface area (TPSA) is 67.2 Å². The van der Waals surface area contributed by atoms with Crippen LogP contribution in [0.1, 0.15) is 11.4 Å². The minimum absolute atomic E-state index is 0. The van der Waals surface area contributed by atoms with Gasteiger partial charge in [0.25, 0.3) is 0 Å². The van der Waals surface area contributed by atoms with Crippen LogP contribution < -0.4 is 5.32 Å². The van der Waals surface area contributed by atoms with Crippen LogP contribution in [0.4, 0.5) is 0 Å². The van der Waals surface area contributed by atoms with Gasteiger partial charge in [0.15, 0.2) is 0 Å². The molecule has 8 heteroatoms. The molecule has 1 aromatic rings. The summed E-state index contributed by atoms with van der Waals surface area (Å²) in [6.07, 6.45) is 0. The first-order valence-corrected chi connectivity index (χ1v) is 7.09. The SMILES string of the molecule is Cc1nn(C)c(C)c1S(=O)(=O)N1CCNCC1.Cl. The Morgan fingerprint density at radius 1 is 1.22 bits per heavy atom. The number of aryl methyl sites for hydroxylation is 2. The van der Waals surface area contributed by atoms with Crippen LogP contribution in [0.2, 0.25) is 0 Å². The van der Waals surface area contributed by atoms with E-state index in [1.54, 1.807) is 25.6 Å². The molecule has 0 atom stereocenters. The van der Waals surface area contributed by atoms with Crippen LogP contribution in [-0.4, -0.2) is 48.7 Å². The van der Waals surface area contributed by atoms with Crippen LogP contribution in [0.15, 0.2) is 4.90 Å². The van der Waals surface area contributed by atoms with Crippen molar-refractivity contribution in [2.45, 2.75) is 18.7 Å². The molecule has 0 aromatic carbocycles. The lowest BCUT2D eigenvalue weighted by molar-refractivity contribution is 0.360. The lowest BCUT2D eigenvalue weighted by atomic mass is 10.4. The molecule has 0 aliphatic carbocycles. The van der Waals surface area contributed by atoms with E-state index < -0.39 is 10.0 Å². The predicted octanol–water partition coefficient (Wildman–Crippen LogP) is 0.0526. The van der Waals surface area contributed by atoms with Crippen LogP contribution in [0.25, 0.3) is 0 Å². The lowest BCUT2D eigenvalue weighted by Crippen LogP contribution is -2.46. The lowest BCUT2D eigenvalue weighted by Gasteiger charge is -2.26. The molecule has 18 heavy (non-hydrogen) atoms. The minimum atomic E-state index is -3.39. The second-order valence-corrected chi connectivity index (χ2v) is 6.15. The number of nitrogens with zero attached hydrogens (tertiary/aromatic N) is 3. The number of hydrogen-bond donors (Lipinski definition) is 1. The van der Waals surface area contributed by atoms with Gasteiger partial charge in [-0.05, 0) is 13.8 Å². The van der Waals surface area contributed by atoms with Gasteiger partial charge in [-0.25, -0.2) is 8.42 Å². The number of sulfonamides is 1. The molecule has 1 N–H and O–H groups in total. The smallest absolute Gasteiger partial charge is 0.246 e.